The molecule has 23 heavy (non-hydrogen) atoms. The van der Waals surface area contributed by atoms with Crippen molar-refractivity contribution < 1.29 is 4.74 Å². The molecule has 2 aromatic heterocycles. The zero-order valence-corrected chi connectivity index (χ0v) is 14.2. The van der Waals surface area contributed by atoms with E-state index in [4.69, 9.17) is 4.74 Å². The fraction of sp³-hybridized carbons (Fsp3) is 0.588. The average Bonchev–Trinajstić information content (AvgIpc) is 2.87. The molecule has 0 spiro atoms. The van der Waals surface area contributed by atoms with E-state index in [0.29, 0.717) is 5.92 Å². The van der Waals surface area contributed by atoms with E-state index in [0.717, 1.165) is 49.2 Å². The first-order valence-corrected chi connectivity index (χ1v) is 8.24. The maximum Gasteiger partial charge on any atom is 0.146 e. The molecule has 0 saturated carbocycles. The Morgan fingerprint density at radius 3 is 2.65 bits per heavy atom. The highest BCUT2D eigenvalue weighted by atomic mass is 16.5. The van der Waals surface area contributed by atoms with E-state index in [1.807, 2.05) is 33.2 Å². The van der Waals surface area contributed by atoms with Gasteiger partial charge in [-0.1, -0.05) is 0 Å². The maximum absolute atomic E-state index is 5.97. The third-order valence-electron chi connectivity index (χ3n) is 4.70. The molecular formula is C17H25N5O. The number of likely N-dealkylation sites (tertiary alicyclic amines) is 1. The quantitative estimate of drug-likeness (QED) is 0.846. The van der Waals surface area contributed by atoms with E-state index < -0.39 is 0 Å². The first kappa shape index (κ1) is 15.9. The first-order valence-electron chi connectivity index (χ1n) is 8.24. The number of pyridine rings is 1. The average molecular weight is 315 g/mol. The van der Waals surface area contributed by atoms with Gasteiger partial charge in [-0.2, -0.15) is 0 Å². The van der Waals surface area contributed by atoms with Gasteiger partial charge in [-0.05, 0) is 51.8 Å². The van der Waals surface area contributed by atoms with E-state index in [2.05, 4.69) is 24.6 Å². The number of aryl methyl sites for hydroxylation is 2. The van der Waals surface area contributed by atoms with Crippen molar-refractivity contribution in [3.8, 4) is 5.75 Å². The Balaban J connectivity index is 1.45. The van der Waals surface area contributed by atoms with Gasteiger partial charge in [0.2, 0.25) is 0 Å². The lowest BCUT2D eigenvalue weighted by Gasteiger charge is -2.31. The molecule has 3 rings (SSSR count). The fourth-order valence-electron chi connectivity index (χ4n) is 2.93. The lowest BCUT2D eigenvalue weighted by molar-refractivity contribution is 0.133. The van der Waals surface area contributed by atoms with E-state index in [9.17, 15) is 0 Å². The highest BCUT2D eigenvalue weighted by Crippen LogP contribution is 2.22. The van der Waals surface area contributed by atoms with Gasteiger partial charge in [-0.3, -0.25) is 9.88 Å². The lowest BCUT2D eigenvalue weighted by atomic mass is 9.98. The minimum Gasteiger partial charge on any atom is -0.493 e. The molecule has 6 nitrogen and oxygen atoms in total. The van der Waals surface area contributed by atoms with Crippen LogP contribution in [0, 0.1) is 19.8 Å². The van der Waals surface area contributed by atoms with Gasteiger partial charge in [-0.25, -0.2) is 0 Å². The second kappa shape index (κ2) is 7.08. The molecule has 0 bridgehead atoms. The van der Waals surface area contributed by atoms with Gasteiger partial charge in [0.25, 0.3) is 0 Å². The standard InChI is InChI=1S/C17H25N5O/c1-13-10-18-7-4-16(13)23-12-15-5-8-22(9-6-15)11-17-20-19-14(2)21(17)3/h4,7,10,15H,5-6,8-9,11-12H2,1-3H3. The van der Waals surface area contributed by atoms with Crippen molar-refractivity contribution in [3.63, 3.8) is 0 Å². The Morgan fingerprint density at radius 1 is 1.22 bits per heavy atom. The van der Waals surface area contributed by atoms with E-state index in [1.165, 1.54) is 12.8 Å². The van der Waals surface area contributed by atoms with Crippen LogP contribution in [0.3, 0.4) is 0 Å². The lowest BCUT2D eigenvalue weighted by Crippen LogP contribution is -2.35. The summed E-state index contributed by atoms with van der Waals surface area (Å²) in [6, 6.07) is 1.95. The van der Waals surface area contributed by atoms with Crippen molar-refractivity contribution in [2.75, 3.05) is 19.7 Å². The van der Waals surface area contributed by atoms with Crippen LogP contribution in [0.4, 0.5) is 0 Å². The summed E-state index contributed by atoms with van der Waals surface area (Å²) < 4.78 is 8.04. The zero-order chi connectivity index (χ0) is 16.2. The molecule has 0 atom stereocenters. The van der Waals surface area contributed by atoms with Crippen molar-refractivity contribution in [1.29, 1.82) is 0 Å². The Hall–Kier alpha value is -1.95. The number of nitrogens with zero attached hydrogens (tertiary/aromatic N) is 5. The first-order chi connectivity index (χ1) is 11.1. The summed E-state index contributed by atoms with van der Waals surface area (Å²) in [4.78, 5) is 6.55. The topological polar surface area (TPSA) is 56.1 Å². The van der Waals surface area contributed by atoms with Crippen LogP contribution in [0.2, 0.25) is 0 Å². The minimum atomic E-state index is 0.625. The van der Waals surface area contributed by atoms with Crippen LogP contribution < -0.4 is 4.74 Å². The summed E-state index contributed by atoms with van der Waals surface area (Å²) >= 11 is 0. The van der Waals surface area contributed by atoms with Crippen LogP contribution in [-0.2, 0) is 13.6 Å². The number of piperidine rings is 1. The summed E-state index contributed by atoms with van der Waals surface area (Å²) in [5, 5.41) is 8.38. The van der Waals surface area contributed by atoms with Gasteiger partial charge >= 0.3 is 0 Å². The van der Waals surface area contributed by atoms with Crippen molar-refractivity contribution >= 4 is 0 Å². The van der Waals surface area contributed by atoms with Crippen LogP contribution in [0.15, 0.2) is 18.5 Å². The molecule has 0 N–H and O–H groups in total. The van der Waals surface area contributed by atoms with Crippen LogP contribution >= 0.6 is 0 Å². The van der Waals surface area contributed by atoms with Gasteiger partial charge in [0.05, 0.1) is 13.2 Å². The normalized spacial score (nSPS) is 16.7. The molecule has 1 fully saturated rings. The molecular weight excluding hydrogens is 290 g/mol. The van der Waals surface area contributed by atoms with Gasteiger partial charge in [0.15, 0.2) is 0 Å². The van der Waals surface area contributed by atoms with Gasteiger partial charge < -0.3 is 9.30 Å². The molecule has 0 radical (unpaired) electrons. The third kappa shape index (κ3) is 3.88. The third-order valence-corrected chi connectivity index (χ3v) is 4.70. The smallest absolute Gasteiger partial charge is 0.146 e. The van der Waals surface area contributed by atoms with Crippen LogP contribution in [0.1, 0.15) is 30.1 Å². The van der Waals surface area contributed by atoms with Crippen molar-refractivity contribution in [2.24, 2.45) is 13.0 Å². The number of hydrogen-bond donors (Lipinski definition) is 0. The molecule has 0 unspecified atom stereocenters. The predicted molar refractivity (Wildman–Crippen MR) is 88.2 cm³/mol. The summed E-state index contributed by atoms with van der Waals surface area (Å²) in [6.45, 7) is 7.88. The molecule has 6 heteroatoms. The van der Waals surface area contributed by atoms with Crippen LogP contribution in [0.5, 0.6) is 5.75 Å². The number of ether oxygens (including phenoxy) is 1. The van der Waals surface area contributed by atoms with Crippen molar-refractivity contribution in [3.05, 3.63) is 35.7 Å². The molecule has 0 amide bonds. The van der Waals surface area contributed by atoms with E-state index in [-0.39, 0.29) is 0 Å². The van der Waals surface area contributed by atoms with E-state index in [1.54, 1.807) is 6.20 Å². The van der Waals surface area contributed by atoms with Gasteiger partial charge in [-0.15, -0.1) is 10.2 Å². The maximum atomic E-state index is 5.97. The number of rotatable bonds is 5. The highest BCUT2D eigenvalue weighted by Gasteiger charge is 2.21. The Bertz CT molecular complexity index is 646. The zero-order valence-electron chi connectivity index (χ0n) is 14.2. The molecule has 1 aliphatic rings. The predicted octanol–water partition coefficient (Wildman–Crippen LogP) is 2.12. The van der Waals surface area contributed by atoms with Crippen LogP contribution in [-0.4, -0.2) is 44.3 Å². The molecule has 1 aliphatic heterocycles. The molecule has 124 valence electrons. The van der Waals surface area contributed by atoms with E-state index >= 15 is 0 Å². The molecule has 2 aromatic rings. The minimum absolute atomic E-state index is 0.625. The summed E-state index contributed by atoms with van der Waals surface area (Å²) in [5.74, 6) is 3.60. The number of hydrogen-bond acceptors (Lipinski definition) is 5. The molecule has 1 saturated heterocycles. The van der Waals surface area contributed by atoms with Crippen LogP contribution in [0.25, 0.3) is 0 Å². The summed E-state index contributed by atoms with van der Waals surface area (Å²) in [7, 11) is 2.03. The Morgan fingerprint density at radius 2 is 2.00 bits per heavy atom. The molecule has 0 aromatic carbocycles. The SMILES string of the molecule is Cc1cnccc1OCC1CCN(Cc2nnc(C)n2C)CC1. The van der Waals surface area contributed by atoms with Gasteiger partial charge in [0.1, 0.15) is 17.4 Å². The van der Waals surface area contributed by atoms with Gasteiger partial charge in [0, 0.05) is 25.0 Å². The van der Waals surface area contributed by atoms with Crippen molar-refractivity contribution in [2.45, 2.75) is 33.2 Å². The van der Waals surface area contributed by atoms with Crippen molar-refractivity contribution in [1.82, 2.24) is 24.6 Å². The highest BCUT2D eigenvalue weighted by molar-refractivity contribution is 5.28. The molecule has 0 aliphatic carbocycles. The summed E-state index contributed by atoms with van der Waals surface area (Å²) in [6.07, 6.45) is 5.97. The Labute approximate surface area is 137 Å². The fourth-order valence-corrected chi connectivity index (χ4v) is 2.93. The monoisotopic (exact) mass is 315 g/mol. The summed E-state index contributed by atoms with van der Waals surface area (Å²) in [5.41, 5.74) is 1.10. The second-order valence-electron chi connectivity index (χ2n) is 6.39. The molecule has 3 heterocycles. The largest absolute Gasteiger partial charge is 0.493 e. The Kier molecular flexibility index (Phi) is 4.91. The number of aromatic nitrogens is 4. The second-order valence-corrected chi connectivity index (χ2v) is 6.39.